The summed E-state index contributed by atoms with van der Waals surface area (Å²) < 4.78 is 1.73. The van der Waals surface area contributed by atoms with Crippen molar-refractivity contribution in [3.63, 3.8) is 0 Å². The van der Waals surface area contributed by atoms with Gasteiger partial charge in [0.05, 0.1) is 17.6 Å². The molecule has 3 aliphatic rings. The summed E-state index contributed by atoms with van der Waals surface area (Å²) in [4.78, 5) is 40.6. The zero-order chi connectivity index (χ0) is 23.2. The summed E-state index contributed by atoms with van der Waals surface area (Å²) in [5.74, 6) is -0.870. The van der Waals surface area contributed by atoms with Crippen molar-refractivity contribution in [3.8, 4) is 5.69 Å². The third kappa shape index (κ3) is 3.67. The first-order chi connectivity index (χ1) is 16.5. The largest absolute Gasteiger partial charge is 0.322 e. The van der Waals surface area contributed by atoms with Crippen LogP contribution >= 0.6 is 0 Å². The number of nitrogens with zero attached hydrogens (tertiary/aromatic N) is 5. The lowest BCUT2D eigenvalue weighted by Gasteiger charge is -2.29. The van der Waals surface area contributed by atoms with Crippen LogP contribution in [0.2, 0.25) is 0 Å². The fourth-order valence-corrected chi connectivity index (χ4v) is 5.08. The van der Waals surface area contributed by atoms with Gasteiger partial charge in [-0.3, -0.25) is 24.6 Å². The number of imide groups is 1. The average Bonchev–Trinajstić information content (AvgIpc) is 3.55. The van der Waals surface area contributed by atoms with Gasteiger partial charge in [-0.25, -0.2) is 4.68 Å². The molecule has 0 radical (unpaired) electrons. The molecule has 1 fully saturated rings. The lowest BCUT2D eigenvalue weighted by Crippen LogP contribution is -2.52. The van der Waals surface area contributed by atoms with E-state index in [9.17, 15) is 14.4 Å². The second-order valence-corrected chi connectivity index (χ2v) is 9.13. The number of amides is 3. The molecule has 172 valence electrons. The fourth-order valence-electron chi connectivity index (χ4n) is 5.08. The second kappa shape index (κ2) is 8.18. The van der Waals surface area contributed by atoms with Crippen molar-refractivity contribution in [2.45, 2.75) is 44.9 Å². The van der Waals surface area contributed by atoms with Crippen molar-refractivity contribution in [3.05, 3.63) is 76.6 Å². The van der Waals surface area contributed by atoms with Crippen LogP contribution in [0.1, 0.15) is 45.6 Å². The minimum absolute atomic E-state index is 0.179. The number of fused-ring (bicyclic) bond motifs is 2. The predicted octanol–water partition coefficient (Wildman–Crippen LogP) is 1.59. The van der Waals surface area contributed by atoms with E-state index >= 15 is 0 Å². The Morgan fingerprint density at radius 1 is 0.971 bits per heavy atom. The van der Waals surface area contributed by atoms with Crippen molar-refractivity contribution < 1.29 is 14.4 Å². The standard InChI is InChI=1S/C25H24N6O3/c32-23-8-7-22(24(33)26-23)30-14-18-11-20(5-6-21(18)25(30)34)31-15-19(27-28-31)9-10-29-12-16-3-1-2-4-17(16)13-29/h1-6,11,15,22H,7-10,12-14H2,(H,26,32,33). The van der Waals surface area contributed by atoms with Gasteiger partial charge in [0.1, 0.15) is 6.04 Å². The van der Waals surface area contributed by atoms with Crippen LogP contribution in [0.3, 0.4) is 0 Å². The van der Waals surface area contributed by atoms with E-state index in [1.807, 2.05) is 18.3 Å². The Kier molecular flexibility index (Phi) is 4.99. The molecule has 6 rings (SSSR count). The Balaban J connectivity index is 1.12. The molecule has 1 unspecified atom stereocenters. The third-order valence-corrected chi connectivity index (χ3v) is 6.90. The van der Waals surface area contributed by atoms with Gasteiger partial charge in [0.25, 0.3) is 5.91 Å². The number of hydrogen-bond acceptors (Lipinski definition) is 6. The van der Waals surface area contributed by atoms with Crippen LogP contribution in [0.4, 0.5) is 0 Å². The van der Waals surface area contributed by atoms with Crippen LogP contribution in [0, 0.1) is 0 Å². The van der Waals surface area contributed by atoms with Gasteiger partial charge in [0.2, 0.25) is 11.8 Å². The van der Waals surface area contributed by atoms with Crippen LogP contribution in [0.25, 0.3) is 5.69 Å². The first-order valence-electron chi connectivity index (χ1n) is 11.5. The molecule has 0 saturated carbocycles. The van der Waals surface area contributed by atoms with Gasteiger partial charge in [-0.1, -0.05) is 29.5 Å². The summed E-state index contributed by atoms with van der Waals surface area (Å²) in [5, 5.41) is 11.0. The molecule has 1 N–H and O–H groups in total. The van der Waals surface area contributed by atoms with Gasteiger partial charge < -0.3 is 4.90 Å². The van der Waals surface area contributed by atoms with Crippen LogP contribution in [-0.2, 0) is 35.6 Å². The molecule has 0 bridgehead atoms. The van der Waals surface area contributed by atoms with Crippen LogP contribution in [-0.4, -0.2) is 55.1 Å². The normalized spacial score (nSPS) is 19.9. The number of aromatic nitrogens is 3. The van der Waals surface area contributed by atoms with Crippen molar-refractivity contribution in [2.75, 3.05) is 6.54 Å². The van der Waals surface area contributed by atoms with Gasteiger partial charge in [-0.05, 0) is 41.3 Å². The van der Waals surface area contributed by atoms with E-state index < -0.39 is 11.9 Å². The molecule has 0 spiro atoms. The predicted molar refractivity (Wildman–Crippen MR) is 122 cm³/mol. The molecule has 3 aromatic rings. The smallest absolute Gasteiger partial charge is 0.255 e. The van der Waals surface area contributed by atoms with E-state index in [0.717, 1.165) is 43.0 Å². The summed E-state index contributed by atoms with van der Waals surface area (Å²) in [5.41, 5.74) is 5.96. The van der Waals surface area contributed by atoms with Gasteiger partial charge in [0.15, 0.2) is 0 Å². The van der Waals surface area contributed by atoms with Crippen molar-refractivity contribution in [1.82, 2.24) is 30.1 Å². The molecule has 1 saturated heterocycles. The van der Waals surface area contributed by atoms with E-state index in [1.54, 1.807) is 15.6 Å². The highest BCUT2D eigenvalue weighted by Gasteiger charge is 2.39. The van der Waals surface area contributed by atoms with E-state index in [2.05, 4.69) is 44.8 Å². The number of piperidine rings is 1. The van der Waals surface area contributed by atoms with E-state index in [0.29, 0.717) is 18.5 Å². The molecular weight excluding hydrogens is 432 g/mol. The minimum Gasteiger partial charge on any atom is -0.322 e. The summed E-state index contributed by atoms with van der Waals surface area (Å²) in [6, 6.07) is 13.5. The Labute approximate surface area is 196 Å². The summed E-state index contributed by atoms with van der Waals surface area (Å²) in [6.07, 6.45) is 3.33. The Morgan fingerprint density at radius 3 is 2.53 bits per heavy atom. The molecule has 1 aromatic heterocycles. The Bertz CT molecular complexity index is 1290. The van der Waals surface area contributed by atoms with Crippen molar-refractivity contribution in [1.29, 1.82) is 0 Å². The Hall–Kier alpha value is -3.85. The van der Waals surface area contributed by atoms with Crippen LogP contribution in [0.15, 0.2) is 48.7 Å². The highest BCUT2D eigenvalue weighted by Crippen LogP contribution is 2.29. The van der Waals surface area contributed by atoms with Gasteiger partial charge in [-0.15, -0.1) is 5.10 Å². The monoisotopic (exact) mass is 456 g/mol. The van der Waals surface area contributed by atoms with E-state index in [1.165, 1.54) is 11.1 Å². The van der Waals surface area contributed by atoms with E-state index in [-0.39, 0.29) is 18.2 Å². The molecule has 2 aromatic carbocycles. The summed E-state index contributed by atoms with van der Waals surface area (Å²) in [6.45, 7) is 3.18. The number of nitrogens with one attached hydrogen (secondary N) is 1. The maximum atomic E-state index is 12.9. The average molecular weight is 457 g/mol. The molecule has 3 amide bonds. The molecular formula is C25H24N6O3. The molecule has 9 nitrogen and oxygen atoms in total. The van der Waals surface area contributed by atoms with Gasteiger partial charge >= 0.3 is 0 Å². The molecule has 1 atom stereocenters. The highest BCUT2D eigenvalue weighted by molar-refractivity contribution is 6.05. The number of hydrogen-bond donors (Lipinski definition) is 1. The number of benzene rings is 2. The quantitative estimate of drug-likeness (QED) is 0.586. The number of carbonyl (C=O) groups is 3. The van der Waals surface area contributed by atoms with Crippen LogP contribution in [0.5, 0.6) is 0 Å². The molecule has 0 aliphatic carbocycles. The highest BCUT2D eigenvalue weighted by atomic mass is 16.2. The topological polar surface area (TPSA) is 100 Å². The maximum Gasteiger partial charge on any atom is 0.255 e. The second-order valence-electron chi connectivity index (χ2n) is 9.13. The minimum atomic E-state index is -0.615. The van der Waals surface area contributed by atoms with Crippen molar-refractivity contribution >= 4 is 17.7 Å². The maximum absolute atomic E-state index is 12.9. The number of rotatable bonds is 5. The Morgan fingerprint density at radius 2 is 1.76 bits per heavy atom. The number of carbonyl (C=O) groups excluding carboxylic acids is 3. The van der Waals surface area contributed by atoms with Crippen LogP contribution < -0.4 is 5.32 Å². The molecule has 4 heterocycles. The third-order valence-electron chi connectivity index (χ3n) is 6.90. The van der Waals surface area contributed by atoms with E-state index in [4.69, 9.17) is 0 Å². The van der Waals surface area contributed by atoms with Crippen molar-refractivity contribution in [2.24, 2.45) is 0 Å². The molecule has 9 heteroatoms. The SMILES string of the molecule is O=C1CCC(N2Cc3cc(-n4cc(CCN5Cc6ccccc6C5)nn4)ccc3C2=O)C(=O)N1. The fraction of sp³-hybridized carbons (Fsp3) is 0.320. The first kappa shape index (κ1) is 20.7. The zero-order valence-electron chi connectivity index (χ0n) is 18.6. The lowest BCUT2D eigenvalue weighted by molar-refractivity contribution is -0.136. The molecule has 34 heavy (non-hydrogen) atoms. The lowest BCUT2D eigenvalue weighted by atomic mass is 10.0. The zero-order valence-corrected chi connectivity index (χ0v) is 18.6. The molecule has 3 aliphatic heterocycles. The first-order valence-corrected chi connectivity index (χ1v) is 11.5. The van der Waals surface area contributed by atoms with Gasteiger partial charge in [0, 0.05) is 44.6 Å². The summed E-state index contributed by atoms with van der Waals surface area (Å²) in [7, 11) is 0. The summed E-state index contributed by atoms with van der Waals surface area (Å²) >= 11 is 0. The van der Waals surface area contributed by atoms with Gasteiger partial charge in [-0.2, -0.15) is 0 Å².